The molecule has 6 heteroatoms. The Kier molecular flexibility index (Phi) is 5.06. The van der Waals surface area contributed by atoms with Crippen molar-refractivity contribution >= 4 is 5.91 Å². The Bertz CT molecular complexity index is 435. The molecule has 0 saturated heterocycles. The predicted octanol–water partition coefficient (Wildman–Crippen LogP) is -0.0586. The molecule has 0 aromatic carbocycles. The number of carbonyl (C=O) groups is 1. The third-order valence-electron chi connectivity index (χ3n) is 2.74. The number of primary amides is 1. The van der Waals surface area contributed by atoms with Gasteiger partial charge < -0.3 is 21.3 Å². The van der Waals surface area contributed by atoms with Gasteiger partial charge in [-0.3, -0.25) is 9.78 Å². The third kappa shape index (κ3) is 3.68. The summed E-state index contributed by atoms with van der Waals surface area (Å²) in [6.07, 6.45) is 1.75. The van der Waals surface area contributed by atoms with Crippen molar-refractivity contribution in [3.05, 3.63) is 23.0 Å². The number of carbonyl (C=O) groups excluding carboxylic acids is 1. The van der Waals surface area contributed by atoms with E-state index in [1.54, 1.807) is 6.92 Å². The lowest BCUT2D eigenvalue weighted by atomic mass is 10.1. The van der Waals surface area contributed by atoms with Crippen molar-refractivity contribution in [2.75, 3.05) is 0 Å². The fourth-order valence-corrected chi connectivity index (χ4v) is 1.67. The molecule has 1 aromatic heterocycles. The molecular formula is C12H19N3O3. The number of aromatic nitrogens is 1. The van der Waals surface area contributed by atoms with Crippen molar-refractivity contribution in [2.24, 2.45) is 5.73 Å². The van der Waals surface area contributed by atoms with E-state index in [0.29, 0.717) is 23.4 Å². The highest BCUT2D eigenvalue weighted by Gasteiger charge is 2.13. The topological polar surface area (TPSA) is 108 Å². The van der Waals surface area contributed by atoms with Gasteiger partial charge in [0.2, 0.25) is 5.91 Å². The summed E-state index contributed by atoms with van der Waals surface area (Å²) in [4.78, 5) is 14.7. The van der Waals surface area contributed by atoms with Crippen molar-refractivity contribution in [1.82, 2.24) is 10.3 Å². The Morgan fingerprint density at radius 3 is 2.83 bits per heavy atom. The van der Waals surface area contributed by atoms with Gasteiger partial charge in [-0.25, -0.2) is 0 Å². The van der Waals surface area contributed by atoms with Crippen molar-refractivity contribution < 1.29 is 15.0 Å². The van der Waals surface area contributed by atoms with Gasteiger partial charge in [0, 0.05) is 36.3 Å². The highest BCUT2D eigenvalue weighted by molar-refractivity contribution is 5.74. The molecule has 18 heavy (non-hydrogen) atoms. The minimum atomic E-state index is -0.382. The van der Waals surface area contributed by atoms with Crippen LogP contribution in [-0.4, -0.2) is 27.1 Å². The van der Waals surface area contributed by atoms with Gasteiger partial charge in [-0.2, -0.15) is 0 Å². The number of aromatic hydroxyl groups is 1. The Morgan fingerprint density at radius 1 is 1.61 bits per heavy atom. The number of nitrogens with zero attached hydrogens (tertiary/aromatic N) is 1. The summed E-state index contributed by atoms with van der Waals surface area (Å²) in [5, 5.41) is 22.2. The number of aliphatic hydroxyl groups is 1. The molecule has 100 valence electrons. The van der Waals surface area contributed by atoms with E-state index in [9.17, 15) is 15.0 Å². The predicted molar refractivity (Wildman–Crippen MR) is 66.7 cm³/mol. The summed E-state index contributed by atoms with van der Waals surface area (Å²) in [7, 11) is 0. The lowest BCUT2D eigenvalue weighted by Crippen LogP contribution is -2.30. The average molecular weight is 253 g/mol. The smallest absolute Gasteiger partial charge is 0.218 e. The van der Waals surface area contributed by atoms with Gasteiger partial charge in [0.25, 0.3) is 0 Å². The van der Waals surface area contributed by atoms with E-state index in [4.69, 9.17) is 5.73 Å². The summed E-state index contributed by atoms with van der Waals surface area (Å²) in [6.45, 7) is 3.67. The molecule has 1 unspecified atom stereocenters. The first-order chi connectivity index (χ1) is 8.45. The maximum atomic E-state index is 10.7. The Balaban J connectivity index is 2.77. The average Bonchev–Trinajstić information content (AvgIpc) is 2.30. The van der Waals surface area contributed by atoms with Gasteiger partial charge in [0.1, 0.15) is 5.75 Å². The van der Waals surface area contributed by atoms with Crippen LogP contribution in [0.1, 0.15) is 30.2 Å². The van der Waals surface area contributed by atoms with Gasteiger partial charge >= 0.3 is 0 Å². The number of hydrogen-bond acceptors (Lipinski definition) is 5. The zero-order chi connectivity index (χ0) is 13.7. The first kappa shape index (κ1) is 14.4. The summed E-state index contributed by atoms with van der Waals surface area (Å²) >= 11 is 0. The highest BCUT2D eigenvalue weighted by Crippen LogP contribution is 2.23. The van der Waals surface area contributed by atoms with E-state index in [0.717, 1.165) is 0 Å². The minimum absolute atomic E-state index is 0.0697. The number of aliphatic hydroxyl groups excluding tert-OH is 1. The van der Waals surface area contributed by atoms with Gasteiger partial charge in [0.15, 0.2) is 0 Å². The molecule has 0 fully saturated rings. The van der Waals surface area contributed by atoms with Crippen molar-refractivity contribution in [2.45, 2.75) is 39.5 Å². The monoisotopic (exact) mass is 253 g/mol. The van der Waals surface area contributed by atoms with Gasteiger partial charge in [-0.1, -0.05) is 0 Å². The third-order valence-corrected chi connectivity index (χ3v) is 2.74. The zero-order valence-electron chi connectivity index (χ0n) is 10.6. The number of hydrogen-bond donors (Lipinski definition) is 4. The van der Waals surface area contributed by atoms with E-state index in [1.807, 2.05) is 6.92 Å². The highest BCUT2D eigenvalue weighted by atomic mass is 16.3. The largest absolute Gasteiger partial charge is 0.506 e. The Labute approximate surface area is 106 Å². The van der Waals surface area contributed by atoms with Crippen LogP contribution < -0.4 is 11.1 Å². The normalized spacial score (nSPS) is 12.4. The van der Waals surface area contributed by atoms with Crippen LogP contribution in [0.3, 0.4) is 0 Å². The van der Waals surface area contributed by atoms with E-state index >= 15 is 0 Å². The lowest BCUT2D eigenvalue weighted by Gasteiger charge is -2.15. The summed E-state index contributed by atoms with van der Waals surface area (Å²) < 4.78 is 0. The van der Waals surface area contributed by atoms with Crippen LogP contribution in [0.5, 0.6) is 5.75 Å². The SMILES string of the molecule is Cc1ncc(CO)c(CNC(C)CC(N)=O)c1O. The second-order valence-electron chi connectivity index (χ2n) is 4.31. The first-order valence-corrected chi connectivity index (χ1v) is 5.74. The minimum Gasteiger partial charge on any atom is -0.506 e. The van der Waals surface area contributed by atoms with Crippen molar-refractivity contribution in [1.29, 1.82) is 0 Å². The van der Waals surface area contributed by atoms with Crippen LogP contribution in [0.2, 0.25) is 0 Å². The zero-order valence-corrected chi connectivity index (χ0v) is 10.6. The van der Waals surface area contributed by atoms with Crippen LogP contribution in [0.4, 0.5) is 0 Å². The molecule has 0 aliphatic rings. The van der Waals surface area contributed by atoms with Crippen molar-refractivity contribution in [3.63, 3.8) is 0 Å². The summed E-state index contributed by atoms with van der Waals surface area (Å²) in [6, 6.07) is -0.0954. The number of nitrogens with one attached hydrogen (secondary N) is 1. The molecule has 1 atom stereocenters. The molecule has 1 aromatic rings. The molecule has 1 heterocycles. The van der Waals surface area contributed by atoms with Crippen molar-refractivity contribution in [3.8, 4) is 5.75 Å². The molecule has 0 aliphatic heterocycles. The molecular weight excluding hydrogens is 234 g/mol. The molecule has 0 spiro atoms. The van der Waals surface area contributed by atoms with E-state index in [1.165, 1.54) is 6.20 Å². The van der Waals surface area contributed by atoms with Gasteiger partial charge in [-0.15, -0.1) is 0 Å². The van der Waals surface area contributed by atoms with E-state index < -0.39 is 0 Å². The number of aryl methyl sites for hydroxylation is 1. The summed E-state index contributed by atoms with van der Waals surface area (Å²) in [5.74, 6) is -0.312. The molecule has 5 N–H and O–H groups in total. The van der Waals surface area contributed by atoms with Crippen LogP contribution >= 0.6 is 0 Å². The maximum Gasteiger partial charge on any atom is 0.218 e. The van der Waals surface area contributed by atoms with Crippen LogP contribution in [-0.2, 0) is 17.9 Å². The second-order valence-corrected chi connectivity index (χ2v) is 4.31. The number of pyridine rings is 1. The second kappa shape index (κ2) is 6.32. The molecule has 1 amide bonds. The number of rotatable bonds is 6. The fourth-order valence-electron chi connectivity index (χ4n) is 1.67. The Morgan fingerprint density at radius 2 is 2.28 bits per heavy atom. The Hall–Kier alpha value is -1.66. The lowest BCUT2D eigenvalue weighted by molar-refractivity contribution is -0.118. The summed E-state index contributed by atoms with van der Waals surface area (Å²) in [5.41, 5.74) is 6.77. The molecule has 6 nitrogen and oxygen atoms in total. The standard InChI is InChI=1S/C12H19N3O3/c1-7(3-11(13)17)14-5-10-9(6-16)4-15-8(2)12(10)18/h4,7,14,16,18H,3,5-6H2,1-2H3,(H2,13,17). The fraction of sp³-hybridized carbons (Fsp3) is 0.500. The molecule has 0 radical (unpaired) electrons. The molecule has 0 bridgehead atoms. The molecule has 0 aliphatic carbocycles. The van der Waals surface area contributed by atoms with Gasteiger partial charge in [-0.05, 0) is 13.8 Å². The van der Waals surface area contributed by atoms with Crippen LogP contribution in [0, 0.1) is 6.92 Å². The molecule has 1 rings (SSSR count). The maximum absolute atomic E-state index is 10.7. The van der Waals surface area contributed by atoms with Crippen LogP contribution in [0.15, 0.2) is 6.20 Å². The number of nitrogens with two attached hydrogens (primary N) is 1. The number of amides is 1. The quantitative estimate of drug-likeness (QED) is 0.568. The van der Waals surface area contributed by atoms with Gasteiger partial charge in [0.05, 0.1) is 12.3 Å². The van der Waals surface area contributed by atoms with Crippen LogP contribution in [0.25, 0.3) is 0 Å². The van der Waals surface area contributed by atoms with E-state index in [2.05, 4.69) is 10.3 Å². The molecule has 0 saturated carbocycles. The first-order valence-electron chi connectivity index (χ1n) is 5.74. The van der Waals surface area contributed by atoms with E-state index in [-0.39, 0.29) is 30.7 Å².